The highest BCUT2D eigenvalue weighted by atomic mass is 16.3. The third-order valence-electron chi connectivity index (χ3n) is 5.63. The summed E-state index contributed by atoms with van der Waals surface area (Å²) in [5.41, 5.74) is 4.50. The number of benzene rings is 2. The first-order valence-corrected chi connectivity index (χ1v) is 10.6. The Kier molecular flexibility index (Phi) is 6.07. The van der Waals surface area contributed by atoms with Gasteiger partial charge >= 0.3 is 0 Å². The van der Waals surface area contributed by atoms with Gasteiger partial charge in [-0.05, 0) is 55.7 Å². The van der Waals surface area contributed by atoms with E-state index < -0.39 is 0 Å². The molecule has 0 fully saturated rings. The van der Waals surface area contributed by atoms with Gasteiger partial charge in [0.05, 0.1) is 18.4 Å². The number of fused-ring (bicyclic) bond motifs is 1. The Hall–Kier alpha value is -3.54. The fourth-order valence-electron chi connectivity index (χ4n) is 4.05. The average Bonchev–Trinajstić information content (AvgIpc) is 3.37. The summed E-state index contributed by atoms with van der Waals surface area (Å²) in [5.74, 6) is 0.345. The zero-order valence-electron chi connectivity index (χ0n) is 17.9. The molecule has 1 aliphatic rings. The van der Waals surface area contributed by atoms with Gasteiger partial charge in [-0.3, -0.25) is 9.59 Å². The van der Waals surface area contributed by atoms with Gasteiger partial charge in [-0.15, -0.1) is 0 Å². The van der Waals surface area contributed by atoms with E-state index in [1.54, 1.807) is 24.5 Å². The van der Waals surface area contributed by atoms with Crippen molar-refractivity contribution in [2.75, 3.05) is 11.4 Å². The van der Waals surface area contributed by atoms with Crippen molar-refractivity contribution in [3.05, 3.63) is 88.9 Å². The van der Waals surface area contributed by atoms with Gasteiger partial charge in [-0.25, -0.2) is 0 Å². The molecule has 0 aliphatic carbocycles. The lowest BCUT2D eigenvalue weighted by Gasteiger charge is -2.24. The van der Waals surface area contributed by atoms with Crippen LogP contribution in [0.2, 0.25) is 0 Å². The molecule has 0 bridgehead atoms. The Morgan fingerprint density at radius 3 is 2.74 bits per heavy atom. The first kappa shape index (κ1) is 20.7. The van der Waals surface area contributed by atoms with E-state index in [2.05, 4.69) is 40.7 Å². The summed E-state index contributed by atoms with van der Waals surface area (Å²) < 4.78 is 5.69. The maximum absolute atomic E-state index is 12.9. The van der Waals surface area contributed by atoms with Gasteiger partial charge in [-0.1, -0.05) is 30.3 Å². The Balaban J connectivity index is 1.43. The fourth-order valence-corrected chi connectivity index (χ4v) is 4.05. The minimum atomic E-state index is -0.188. The maximum Gasteiger partial charge on any atom is 0.255 e. The number of carbonyl (C=O) groups excluding carboxylic acids is 2. The molecule has 2 heterocycles. The van der Waals surface area contributed by atoms with Crippen LogP contribution in [0.4, 0.5) is 5.69 Å². The van der Waals surface area contributed by atoms with E-state index in [1.165, 1.54) is 11.3 Å². The molecule has 0 saturated heterocycles. The van der Waals surface area contributed by atoms with Crippen molar-refractivity contribution in [3.63, 3.8) is 0 Å². The number of furan rings is 1. The molecule has 2 N–H and O–H groups in total. The molecule has 2 aromatic carbocycles. The molecular formula is C25H27N3O3. The molecule has 1 aliphatic heterocycles. The molecule has 0 saturated carbocycles. The third kappa shape index (κ3) is 4.48. The number of amides is 2. The van der Waals surface area contributed by atoms with E-state index in [1.807, 2.05) is 25.1 Å². The fraction of sp³-hybridized carbons (Fsp3) is 0.280. The molecule has 160 valence electrons. The van der Waals surface area contributed by atoms with Crippen LogP contribution < -0.4 is 15.5 Å². The number of hydrogen-bond acceptors (Lipinski definition) is 4. The molecule has 6 nitrogen and oxygen atoms in total. The van der Waals surface area contributed by atoms with Crippen molar-refractivity contribution in [2.45, 2.75) is 39.4 Å². The van der Waals surface area contributed by atoms with E-state index in [-0.39, 0.29) is 11.8 Å². The number of nitrogens with zero attached hydrogens (tertiary/aromatic N) is 1. The Morgan fingerprint density at radius 2 is 1.90 bits per heavy atom. The van der Waals surface area contributed by atoms with Gasteiger partial charge in [0.2, 0.25) is 0 Å². The Bertz CT molecular complexity index is 1090. The van der Waals surface area contributed by atoms with Crippen molar-refractivity contribution in [3.8, 4) is 0 Å². The van der Waals surface area contributed by atoms with Gasteiger partial charge in [0.1, 0.15) is 5.76 Å². The summed E-state index contributed by atoms with van der Waals surface area (Å²) in [6, 6.07) is 17.7. The molecule has 2 amide bonds. The number of carbonyl (C=O) groups is 2. The van der Waals surface area contributed by atoms with E-state index in [0.29, 0.717) is 42.6 Å². The summed E-state index contributed by atoms with van der Waals surface area (Å²) in [7, 11) is 0. The van der Waals surface area contributed by atoms with E-state index in [0.717, 1.165) is 12.0 Å². The minimum absolute atomic E-state index is 0.118. The monoisotopic (exact) mass is 417 g/mol. The van der Waals surface area contributed by atoms with E-state index >= 15 is 0 Å². The van der Waals surface area contributed by atoms with Crippen LogP contribution in [0.25, 0.3) is 0 Å². The van der Waals surface area contributed by atoms with E-state index in [4.69, 9.17) is 4.42 Å². The van der Waals surface area contributed by atoms with Crippen LogP contribution >= 0.6 is 0 Å². The summed E-state index contributed by atoms with van der Waals surface area (Å²) in [6.45, 7) is 5.51. The highest BCUT2D eigenvalue weighted by molar-refractivity contribution is 5.95. The van der Waals surface area contributed by atoms with Crippen molar-refractivity contribution in [1.29, 1.82) is 0 Å². The molecule has 3 aromatic rings. The third-order valence-corrected chi connectivity index (χ3v) is 5.63. The van der Waals surface area contributed by atoms with Crippen molar-refractivity contribution >= 4 is 17.5 Å². The zero-order valence-corrected chi connectivity index (χ0v) is 17.9. The number of hydrogen-bond donors (Lipinski definition) is 2. The Labute approximate surface area is 182 Å². The lowest BCUT2D eigenvalue weighted by molar-refractivity contribution is 0.0945. The van der Waals surface area contributed by atoms with Crippen LogP contribution in [0.5, 0.6) is 0 Å². The average molecular weight is 418 g/mol. The highest BCUT2D eigenvalue weighted by Crippen LogP contribution is 2.33. The molecule has 1 atom stereocenters. The first-order chi connectivity index (χ1) is 15.1. The molecule has 4 rings (SSSR count). The van der Waals surface area contributed by atoms with Gasteiger partial charge < -0.3 is 20.0 Å². The zero-order chi connectivity index (χ0) is 21.8. The SMILES string of the molecule is CCNC(=O)c1cccc(CNC(=O)c2ccoc2CN2c3ccccc3CC2C)c1. The smallest absolute Gasteiger partial charge is 0.255 e. The van der Waals surface area contributed by atoms with Gasteiger partial charge in [0, 0.05) is 30.4 Å². The predicted octanol–water partition coefficient (Wildman–Crippen LogP) is 3.91. The summed E-state index contributed by atoms with van der Waals surface area (Å²) in [5, 5.41) is 5.73. The van der Waals surface area contributed by atoms with E-state index in [9.17, 15) is 9.59 Å². The molecule has 0 spiro atoms. The van der Waals surface area contributed by atoms with Crippen molar-refractivity contribution in [2.24, 2.45) is 0 Å². The highest BCUT2D eigenvalue weighted by Gasteiger charge is 2.28. The number of anilines is 1. The van der Waals surface area contributed by atoms with Crippen molar-refractivity contribution in [1.82, 2.24) is 10.6 Å². The first-order valence-electron chi connectivity index (χ1n) is 10.6. The van der Waals surface area contributed by atoms with Crippen LogP contribution in [0, 0.1) is 0 Å². The lowest BCUT2D eigenvalue weighted by Crippen LogP contribution is -2.30. The normalized spacial score (nSPS) is 14.9. The lowest BCUT2D eigenvalue weighted by atomic mass is 10.1. The Morgan fingerprint density at radius 1 is 1.06 bits per heavy atom. The predicted molar refractivity (Wildman–Crippen MR) is 120 cm³/mol. The minimum Gasteiger partial charge on any atom is -0.467 e. The number of para-hydroxylation sites is 1. The molecule has 0 radical (unpaired) electrons. The molecular weight excluding hydrogens is 390 g/mol. The van der Waals surface area contributed by atoms with Crippen LogP contribution in [0.15, 0.2) is 65.3 Å². The van der Waals surface area contributed by atoms with Gasteiger partial charge in [0.15, 0.2) is 0 Å². The molecule has 31 heavy (non-hydrogen) atoms. The largest absolute Gasteiger partial charge is 0.467 e. The summed E-state index contributed by atoms with van der Waals surface area (Å²) >= 11 is 0. The van der Waals surface area contributed by atoms with Gasteiger partial charge in [0.25, 0.3) is 11.8 Å². The van der Waals surface area contributed by atoms with Crippen molar-refractivity contribution < 1.29 is 14.0 Å². The quantitative estimate of drug-likeness (QED) is 0.611. The molecule has 1 unspecified atom stereocenters. The topological polar surface area (TPSA) is 74.6 Å². The number of nitrogens with one attached hydrogen (secondary N) is 2. The standard InChI is InChI=1S/C25H27N3O3/c1-3-26-24(29)20-9-6-7-18(14-20)15-27-25(30)21-11-12-31-23(21)16-28-17(2)13-19-8-4-5-10-22(19)28/h4-12,14,17H,3,13,15-16H2,1-2H3,(H,26,29)(H,27,30). The second-order valence-corrected chi connectivity index (χ2v) is 7.81. The summed E-state index contributed by atoms with van der Waals surface area (Å²) in [6.07, 6.45) is 2.55. The van der Waals surface area contributed by atoms with Crippen LogP contribution in [-0.4, -0.2) is 24.4 Å². The molecule has 6 heteroatoms. The second-order valence-electron chi connectivity index (χ2n) is 7.81. The van der Waals surface area contributed by atoms with Crippen LogP contribution in [-0.2, 0) is 19.5 Å². The number of rotatable bonds is 7. The maximum atomic E-state index is 12.9. The van der Waals surface area contributed by atoms with Gasteiger partial charge in [-0.2, -0.15) is 0 Å². The van der Waals surface area contributed by atoms with Crippen LogP contribution in [0.1, 0.15) is 51.5 Å². The summed E-state index contributed by atoms with van der Waals surface area (Å²) in [4.78, 5) is 27.2. The van der Waals surface area contributed by atoms with Crippen LogP contribution in [0.3, 0.4) is 0 Å². The molecule has 1 aromatic heterocycles. The second kappa shape index (κ2) is 9.08.